The molecule has 1 saturated heterocycles. The number of benzene rings is 2. The third kappa shape index (κ3) is 4.04. The number of ether oxygens (including phenoxy) is 1. The molecular formula is C27H32N2O5. The third-order valence-electron chi connectivity index (χ3n) is 7.61. The molecule has 2 aromatic rings. The molecule has 0 bridgehead atoms. The second kappa shape index (κ2) is 9.12. The van der Waals surface area contributed by atoms with Crippen LogP contribution in [-0.4, -0.2) is 54.2 Å². The normalized spacial score (nSPS) is 16.3. The summed E-state index contributed by atoms with van der Waals surface area (Å²) in [5, 5.41) is 12.1. The van der Waals surface area contributed by atoms with Crippen molar-refractivity contribution < 1.29 is 24.2 Å². The largest absolute Gasteiger partial charge is 0.481 e. The molecule has 4 rings (SSSR count). The number of nitrogens with one attached hydrogen (secondary N) is 1. The van der Waals surface area contributed by atoms with Gasteiger partial charge in [-0.1, -0.05) is 62.4 Å². The van der Waals surface area contributed by atoms with Crippen LogP contribution in [0, 0.1) is 10.8 Å². The van der Waals surface area contributed by atoms with E-state index in [1.807, 2.05) is 38.1 Å². The minimum atomic E-state index is -0.900. The van der Waals surface area contributed by atoms with Crippen LogP contribution in [-0.2, 0) is 14.3 Å². The number of carbonyl (C=O) groups is 3. The first kappa shape index (κ1) is 23.8. The van der Waals surface area contributed by atoms with Crippen molar-refractivity contribution in [2.75, 3.05) is 26.2 Å². The average molecular weight is 465 g/mol. The van der Waals surface area contributed by atoms with E-state index in [1.54, 1.807) is 11.8 Å². The Hall–Kier alpha value is -3.35. The van der Waals surface area contributed by atoms with Crippen LogP contribution in [0.15, 0.2) is 48.5 Å². The van der Waals surface area contributed by atoms with E-state index in [-0.39, 0.29) is 38.1 Å². The van der Waals surface area contributed by atoms with Crippen LogP contribution >= 0.6 is 0 Å². The summed E-state index contributed by atoms with van der Waals surface area (Å²) in [6, 6.07) is 16.3. The van der Waals surface area contributed by atoms with Gasteiger partial charge in [0.05, 0.1) is 10.8 Å². The smallest absolute Gasteiger partial charge is 0.407 e. The first-order valence-electron chi connectivity index (χ1n) is 11.9. The summed E-state index contributed by atoms with van der Waals surface area (Å²) in [5.41, 5.74) is 2.92. The lowest BCUT2D eigenvalue weighted by Crippen LogP contribution is -2.64. The topological polar surface area (TPSA) is 95.9 Å². The number of rotatable bonds is 8. The summed E-state index contributed by atoms with van der Waals surface area (Å²) in [6.45, 7) is 6.21. The molecule has 0 spiro atoms. The van der Waals surface area contributed by atoms with Crippen molar-refractivity contribution in [3.8, 4) is 11.1 Å². The van der Waals surface area contributed by atoms with Gasteiger partial charge in [-0.25, -0.2) is 4.79 Å². The summed E-state index contributed by atoms with van der Waals surface area (Å²) in [4.78, 5) is 38.8. The number of carboxylic acid groups (broad SMARTS) is 1. The van der Waals surface area contributed by atoms with Crippen molar-refractivity contribution in [1.29, 1.82) is 0 Å². The Balaban J connectivity index is 1.37. The summed E-state index contributed by atoms with van der Waals surface area (Å²) in [6.07, 6.45) is 0.512. The van der Waals surface area contributed by atoms with E-state index >= 15 is 0 Å². The molecule has 1 heterocycles. The first-order chi connectivity index (χ1) is 16.2. The SMILES string of the molecule is CCC(CC)(CNC(=O)OCC1c2ccccc2-c2ccccc21)C(=O)N1CC(C)(C(=O)O)C1. The molecule has 0 atom stereocenters. The zero-order chi connectivity index (χ0) is 24.5. The van der Waals surface area contributed by atoms with Crippen molar-refractivity contribution in [1.82, 2.24) is 10.2 Å². The molecule has 2 amide bonds. The molecule has 2 aliphatic rings. The highest BCUT2D eigenvalue weighted by molar-refractivity contribution is 5.87. The predicted molar refractivity (Wildman–Crippen MR) is 128 cm³/mol. The minimum absolute atomic E-state index is 0.0309. The Morgan fingerprint density at radius 2 is 1.56 bits per heavy atom. The van der Waals surface area contributed by atoms with Gasteiger partial charge >= 0.3 is 12.1 Å². The van der Waals surface area contributed by atoms with Gasteiger partial charge in [0, 0.05) is 25.6 Å². The summed E-state index contributed by atoms with van der Waals surface area (Å²) < 4.78 is 5.62. The molecule has 2 aromatic carbocycles. The van der Waals surface area contributed by atoms with Crippen LogP contribution in [0.1, 0.15) is 50.7 Å². The fourth-order valence-electron chi connectivity index (χ4n) is 5.18. The van der Waals surface area contributed by atoms with Gasteiger partial charge < -0.3 is 20.1 Å². The van der Waals surface area contributed by atoms with Gasteiger partial charge in [0.1, 0.15) is 6.61 Å². The molecular weight excluding hydrogens is 432 g/mol. The molecule has 0 unspecified atom stereocenters. The molecule has 2 N–H and O–H groups in total. The van der Waals surface area contributed by atoms with E-state index in [1.165, 1.54) is 0 Å². The van der Waals surface area contributed by atoms with Crippen molar-refractivity contribution >= 4 is 18.0 Å². The number of fused-ring (bicyclic) bond motifs is 3. The quantitative estimate of drug-likeness (QED) is 0.608. The summed E-state index contributed by atoms with van der Waals surface area (Å²) in [5.74, 6) is -1.04. The molecule has 1 aliphatic heterocycles. The Bertz CT molecular complexity index is 1060. The summed E-state index contributed by atoms with van der Waals surface area (Å²) >= 11 is 0. The molecule has 34 heavy (non-hydrogen) atoms. The van der Waals surface area contributed by atoms with E-state index < -0.39 is 22.9 Å². The Morgan fingerprint density at radius 3 is 2.06 bits per heavy atom. The van der Waals surface area contributed by atoms with Crippen LogP contribution in [0.2, 0.25) is 0 Å². The van der Waals surface area contributed by atoms with Gasteiger partial charge in [-0.3, -0.25) is 9.59 Å². The number of aliphatic carboxylic acids is 1. The van der Waals surface area contributed by atoms with E-state index in [0.717, 1.165) is 22.3 Å². The molecule has 0 radical (unpaired) electrons. The number of amides is 2. The number of hydrogen-bond donors (Lipinski definition) is 2. The zero-order valence-corrected chi connectivity index (χ0v) is 20.0. The standard InChI is InChI=1S/C27H32N2O5/c1-4-27(5-2,23(30)29-16-26(3,17-29)24(31)32)15-28-25(33)34-14-22-20-12-8-6-10-18(20)19-11-7-9-13-21(19)22/h6-13,22H,4-5,14-17H2,1-3H3,(H,28,33)(H,31,32). The third-order valence-corrected chi connectivity index (χ3v) is 7.61. The highest BCUT2D eigenvalue weighted by Gasteiger charge is 2.51. The van der Waals surface area contributed by atoms with Gasteiger partial charge in [-0.15, -0.1) is 0 Å². The molecule has 0 saturated carbocycles. The average Bonchev–Trinajstić information content (AvgIpc) is 3.15. The van der Waals surface area contributed by atoms with Crippen LogP contribution in [0.25, 0.3) is 11.1 Å². The van der Waals surface area contributed by atoms with E-state index in [9.17, 15) is 19.5 Å². The molecule has 0 aromatic heterocycles. The number of carbonyl (C=O) groups excluding carboxylic acids is 2. The van der Waals surface area contributed by atoms with Gasteiger partial charge in [-0.05, 0) is 42.0 Å². The van der Waals surface area contributed by atoms with E-state index in [2.05, 4.69) is 29.6 Å². The predicted octanol–water partition coefficient (Wildman–Crippen LogP) is 4.26. The van der Waals surface area contributed by atoms with Gasteiger partial charge in [0.2, 0.25) is 5.91 Å². The lowest BCUT2D eigenvalue weighted by Gasteiger charge is -2.48. The lowest BCUT2D eigenvalue weighted by molar-refractivity contribution is -0.168. The number of carboxylic acids is 1. The number of hydrogen-bond acceptors (Lipinski definition) is 4. The first-order valence-corrected chi connectivity index (χ1v) is 11.9. The fraction of sp³-hybridized carbons (Fsp3) is 0.444. The van der Waals surface area contributed by atoms with Gasteiger partial charge in [0.25, 0.3) is 0 Å². The maximum Gasteiger partial charge on any atom is 0.407 e. The highest BCUT2D eigenvalue weighted by Crippen LogP contribution is 2.44. The van der Waals surface area contributed by atoms with Gasteiger partial charge in [0.15, 0.2) is 0 Å². The van der Waals surface area contributed by atoms with Gasteiger partial charge in [-0.2, -0.15) is 0 Å². The number of alkyl carbamates (subject to hydrolysis) is 1. The highest BCUT2D eigenvalue weighted by atomic mass is 16.5. The van der Waals surface area contributed by atoms with Crippen molar-refractivity contribution in [2.45, 2.75) is 39.5 Å². The van der Waals surface area contributed by atoms with Crippen LogP contribution in [0.3, 0.4) is 0 Å². The Morgan fingerprint density at radius 1 is 1.03 bits per heavy atom. The van der Waals surface area contributed by atoms with Crippen molar-refractivity contribution in [3.63, 3.8) is 0 Å². The minimum Gasteiger partial charge on any atom is -0.481 e. The van der Waals surface area contributed by atoms with Crippen molar-refractivity contribution in [3.05, 3.63) is 59.7 Å². The Kier molecular flexibility index (Phi) is 6.39. The zero-order valence-electron chi connectivity index (χ0n) is 20.0. The molecule has 180 valence electrons. The maximum absolute atomic E-state index is 13.2. The summed E-state index contributed by atoms with van der Waals surface area (Å²) in [7, 11) is 0. The van der Waals surface area contributed by atoms with Crippen molar-refractivity contribution in [2.24, 2.45) is 10.8 Å². The second-order valence-corrected chi connectivity index (χ2v) is 9.69. The maximum atomic E-state index is 13.2. The van der Waals surface area contributed by atoms with Crippen LogP contribution < -0.4 is 5.32 Å². The van der Waals surface area contributed by atoms with Crippen LogP contribution in [0.5, 0.6) is 0 Å². The lowest BCUT2D eigenvalue weighted by atomic mass is 9.76. The fourth-order valence-corrected chi connectivity index (χ4v) is 5.18. The molecule has 1 aliphatic carbocycles. The number of nitrogens with zero attached hydrogens (tertiary/aromatic N) is 1. The molecule has 7 heteroatoms. The molecule has 7 nitrogen and oxygen atoms in total. The monoisotopic (exact) mass is 464 g/mol. The molecule has 1 fully saturated rings. The number of likely N-dealkylation sites (tertiary alicyclic amines) is 1. The van der Waals surface area contributed by atoms with Crippen LogP contribution in [0.4, 0.5) is 4.79 Å². The van der Waals surface area contributed by atoms with E-state index in [0.29, 0.717) is 12.8 Å². The second-order valence-electron chi connectivity index (χ2n) is 9.69. The Labute approximate surface area is 200 Å². The van der Waals surface area contributed by atoms with E-state index in [4.69, 9.17) is 4.74 Å².